The van der Waals surface area contributed by atoms with Crippen molar-refractivity contribution in [3.8, 4) is 0 Å². The van der Waals surface area contributed by atoms with E-state index in [-0.39, 0.29) is 0 Å². The second kappa shape index (κ2) is 6.06. The monoisotopic (exact) mass is 279 g/mol. The van der Waals surface area contributed by atoms with E-state index in [0.29, 0.717) is 6.04 Å². The quantitative estimate of drug-likeness (QED) is 0.896. The van der Waals surface area contributed by atoms with Crippen LogP contribution in [0.5, 0.6) is 0 Å². The standard InChI is InChI=1S/C9H14BrNS2/c1-12-4-2-7(11)6-9-8(10)3-5-13-9/h3,5,7H,2,4,6,11H2,1H3. The minimum Gasteiger partial charge on any atom is -0.327 e. The summed E-state index contributed by atoms with van der Waals surface area (Å²) < 4.78 is 1.21. The highest BCUT2D eigenvalue weighted by Gasteiger charge is 2.07. The van der Waals surface area contributed by atoms with E-state index in [9.17, 15) is 0 Å². The Balaban J connectivity index is 2.36. The van der Waals surface area contributed by atoms with Gasteiger partial charge in [-0.05, 0) is 52.2 Å². The van der Waals surface area contributed by atoms with Crippen LogP contribution in [0.15, 0.2) is 15.9 Å². The van der Waals surface area contributed by atoms with Gasteiger partial charge in [-0.15, -0.1) is 11.3 Å². The molecule has 1 atom stereocenters. The SMILES string of the molecule is CSCCC(N)Cc1sccc1Br. The van der Waals surface area contributed by atoms with Crippen molar-refractivity contribution in [1.82, 2.24) is 0 Å². The topological polar surface area (TPSA) is 26.0 Å². The van der Waals surface area contributed by atoms with Crippen LogP contribution in [-0.4, -0.2) is 18.1 Å². The zero-order valence-electron chi connectivity index (χ0n) is 7.63. The highest BCUT2D eigenvalue weighted by Crippen LogP contribution is 2.24. The van der Waals surface area contributed by atoms with E-state index in [1.807, 2.05) is 11.8 Å². The summed E-state index contributed by atoms with van der Waals surface area (Å²) in [7, 11) is 0. The fourth-order valence-corrected chi connectivity index (χ4v) is 3.23. The first-order valence-corrected chi connectivity index (χ1v) is 7.27. The lowest BCUT2D eigenvalue weighted by Crippen LogP contribution is -2.23. The van der Waals surface area contributed by atoms with Gasteiger partial charge in [0, 0.05) is 15.4 Å². The minimum absolute atomic E-state index is 0.308. The molecular formula is C9H14BrNS2. The molecular weight excluding hydrogens is 266 g/mol. The van der Waals surface area contributed by atoms with E-state index in [1.165, 1.54) is 9.35 Å². The van der Waals surface area contributed by atoms with Crippen molar-refractivity contribution in [1.29, 1.82) is 0 Å². The molecule has 0 saturated heterocycles. The second-order valence-corrected chi connectivity index (χ2v) is 5.78. The molecule has 74 valence electrons. The molecule has 0 bridgehead atoms. The van der Waals surface area contributed by atoms with Gasteiger partial charge in [0.05, 0.1) is 0 Å². The van der Waals surface area contributed by atoms with Crippen LogP contribution in [0.2, 0.25) is 0 Å². The Kier molecular flexibility index (Phi) is 5.39. The Morgan fingerprint density at radius 1 is 1.69 bits per heavy atom. The van der Waals surface area contributed by atoms with Gasteiger partial charge >= 0.3 is 0 Å². The molecule has 2 N–H and O–H groups in total. The summed E-state index contributed by atoms with van der Waals surface area (Å²) in [6.45, 7) is 0. The summed E-state index contributed by atoms with van der Waals surface area (Å²) in [5, 5.41) is 2.10. The number of thiophene rings is 1. The first-order valence-electron chi connectivity index (χ1n) is 4.20. The smallest absolute Gasteiger partial charge is 0.0314 e. The van der Waals surface area contributed by atoms with Gasteiger partial charge in [-0.3, -0.25) is 0 Å². The molecule has 1 heterocycles. The third kappa shape index (κ3) is 4.02. The Morgan fingerprint density at radius 3 is 3.00 bits per heavy atom. The Labute approximate surface area is 96.2 Å². The average Bonchev–Trinajstić information content (AvgIpc) is 2.48. The molecule has 0 aromatic carbocycles. The van der Waals surface area contributed by atoms with E-state index < -0.39 is 0 Å². The molecule has 0 spiro atoms. The molecule has 1 unspecified atom stereocenters. The van der Waals surface area contributed by atoms with E-state index in [1.54, 1.807) is 11.3 Å². The van der Waals surface area contributed by atoms with Crippen molar-refractivity contribution in [3.05, 3.63) is 20.8 Å². The number of halogens is 1. The molecule has 13 heavy (non-hydrogen) atoms. The highest BCUT2D eigenvalue weighted by atomic mass is 79.9. The molecule has 0 aliphatic heterocycles. The summed E-state index contributed by atoms with van der Waals surface area (Å²) >= 11 is 7.15. The van der Waals surface area contributed by atoms with Crippen LogP contribution in [-0.2, 0) is 6.42 Å². The van der Waals surface area contributed by atoms with Gasteiger partial charge in [-0.2, -0.15) is 11.8 Å². The van der Waals surface area contributed by atoms with Crippen LogP contribution in [0.4, 0.5) is 0 Å². The largest absolute Gasteiger partial charge is 0.327 e. The lowest BCUT2D eigenvalue weighted by molar-refractivity contribution is 0.656. The van der Waals surface area contributed by atoms with E-state index in [2.05, 4.69) is 33.6 Å². The van der Waals surface area contributed by atoms with E-state index in [0.717, 1.165) is 18.6 Å². The molecule has 1 aromatic rings. The van der Waals surface area contributed by atoms with Gasteiger partial charge in [0.25, 0.3) is 0 Å². The molecule has 0 saturated carbocycles. The normalized spacial score (nSPS) is 13.2. The number of thioether (sulfide) groups is 1. The number of rotatable bonds is 5. The van der Waals surface area contributed by atoms with Crippen LogP contribution in [0.25, 0.3) is 0 Å². The first kappa shape index (κ1) is 11.6. The Bertz CT molecular complexity index is 250. The zero-order chi connectivity index (χ0) is 9.68. The van der Waals surface area contributed by atoms with Crippen molar-refractivity contribution >= 4 is 39.0 Å². The molecule has 4 heteroatoms. The van der Waals surface area contributed by atoms with Crippen molar-refractivity contribution in [2.75, 3.05) is 12.0 Å². The van der Waals surface area contributed by atoms with Crippen LogP contribution >= 0.6 is 39.0 Å². The predicted octanol–water partition coefficient (Wildman–Crippen LogP) is 3.13. The number of nitrogens with two attached hydrogens (primary N) is 1. The van der Waals surface area contributed by atoms with Gasteiger partial charge in [0.2, 0.25) is 0 Å². The van der Waals surface area contributed by atoms with Crippen LogP contribution < -0.4 is 5.73 Å². The molecule has 0 amide bonds. The van der Waals surface area contributed by atoms with Crippen LogP contribution in [0, 0.1) is 0 Å². The zero-order valence-corrected chi connectivity index (χ0v) is 10.8. The summed E-state index contributed by atoms with van der Waals surface area (Å²) in [4.78, 5) is 1.37. The van der Waals surface area contributed by atoms with Gasteiger partial charge in [0.1, 0.15) is 0 Å². The Hall–Kier alpha value is 0.490. The fourth-order valence-electron chi connectivity index (χ4n) is 1.08. The highest BCUT2D eigenvalue weighted by molar-refractivity contribution is 9.10. The van der Waals surface area contributed by atoms with Gasteiger partial charge in [-0.25, -0.2) is 0 Å². The number of hydrogen-bond donors (Lipinski definition) is 1. The maximum atomic E-state index is 5.99. The van der Waals surface area contributed by atoms with Crippen molar-refractivity contribution in [2.24, 2.45) is 5.73 Å². The molecule has 0 fully saturated rings. The molecule has 0 aliphatic rings. The third-order valence-electron chi connectivity index (χ3n) is 1.83. The fraction of sp³-hybridized carbons (Fsp3) is 0.556. The van der Waals surface area contributed by atoms with Crippen LogP contribution in [0.3, 0.4) is 0 Å². The van der Waals surface area contributed by atoms with E-state index in [4.69, 9.17) is 5.73 Å². The van der Waals surface area contributed by atoms with Crippen molar-refractivity contribution in [2.45, 2.75) is 18.9 Å². The average molecular weight is 280 g/mol. The summed E-state index contributed by atoms with van der Waals surface area (Å²) in [6.07, 6.45) is 4.22. The second-order valence-electron chi connectivity index (χ2n) is 2.94. The molecule has 0 aliphatic carbocycles. The third-order valence-corrected chi connectivity index (χ3v) is 4.42. The van der Waals surface area contributed by atoms with Crippen molar-refractivity contribution < 1.29 is 0 Å². The molecule has 1 nitrogen and oxygen atoms in total. The van der Waals surface area contributed by atoms with Gasteiger partial charge in [-0.1, -0.05) is 0 Å². The predicted molar refractivity (Wildman–Crippen MR) is 66.7 cm³/mol. The van der Waals surface area contributed by atoms with Gasteiger partial charge in [0.15, 0.2) is 0 Å². The van der Waals surface area contributed by atoms with E-state index >= 15 is 0 Å². The lowest BCUT2D eigenvalue weighted by Gasteiger charge is -2.09. The maximum Gasteiger partial charge on any atom is 0.0314 e. The molecule has 0 radical (unpaired) electrons. The first-order chi connectivity index (χ1) is 6.24. The number of hydrogen-bond acceptors (Lipinski definition) is 3. The molecule has 1 rings (SSSR count). The summed E-state index contributed by atoms with van der Waals surface area (Å²) in [5.74, 6) is 1.16. The minimum atomic E-state index is 0.308. The maximum absolute atomic E-state index is 5.99. The lowest BCUT2D eigenvalue weighted by atomic mass is 10.1. The van der Waals surface area contributed by atoms with Crippen molar-refractivity contribution in [3.63, 3.8) is 0 Å². The van der Waals surface area contributed by atoms with Crippen LogP contribution in [0.1, 0.15) is 11.3 Å². The molecule has 1 aromatic heterocycles. The van der Waals surface area contributed by atoms with Gasteiger partial charge < -0.3 is 5.73 Å². The summed E-state index contributed by atoms with van der Waals surface area (Å²) in [5.41, 5.74) is 5.99. The Morgan fingerprint density at radius 2 is 2.46 bits per heavy atom. The summed E-state index contributed by atoms with van der Waals surface area (Å²) in [6, 6.07) is 2.39.